The molecular weight excluding hydrogens is 246 g/mol. The summed E-state index contributed by atoms with van der Waals surface area (Å²) in [6, 6.07) is 1.78. The molecule has 0 atom stereocenters. The van der Waals surface area contributed by atoms with Crippen molar-refractivity contribution < 1.29 is 9.47 Å². The molecule has 0 amide bonds. The first-order chi connectivity index (χ1) is 9.24. The van der Waals surface area contributed by atoms with Crippen LogP contribution in [0.5, 0.6) is 17.5 Å². The van der Waals surface area contributed by atoms with Gasteiger partial charge in [-0.25, -0.2) is 4.98 Å². The normalized spacial score (nSPS) is 10.3. The van der Waals surface area contributed by atoms with Gasteiger partial charge in [-0.15, -0.1) is 5.10 Å². The quantitative estimate of drug-likeness (QED) is 0.830. The zero-order valence-electron chi connectivity index (χ0n) is 11.2. The monoisotopic (exact) mass is 263 g/mol. The summed E-state index contributed by atoms with van der Waals surface area (Å²) in [5.41, 5.74) is 0.910. The van der Waals surface area contributed by atoms with Crippen molar-refractivity contribution in [1.29, 1.82) is 0 Å². The zero-order chi connectivity index (χ0) is 13.7. The number of nitrogens with zero attached hydrogens (tertiary/aromatic N) is 3. The van der Waals surface area contributed by atoms with Crippen LogP contribution in [-0.2, 0) is 0 Å². The SMILES string of the molecule is CCCNc1ncnc(Oc2cc(C)[nH]n2)c1OC. The lowest BCUT2D eigenvalue weighted by molar-refractivity contribution is 0.363. The summed E-state index contributed by atoms with van der Waals surface area (Å²) in [6.07, 6.45) is 2.41. The Bertz CT molecular complexity index is 541. The fraction of sp³-hybridized carbons (Fsp3) is 0.417. The number of aromatic amines is 1. The molecule has 7 heteroatoms. The van der Waals surface area contributed by atoms with Crippen molar-refractivity contribution in [2.75, 3.05) is 19.0 Å². The van der Waals surface area contributed by atoms with E-state index in [1.165, 1.54) is 6.33 Å². The lowest BCUT2D eigenvalue weighted by atomic mass is 10.4. The minimum Gasteiger partial charge on any atom is -0.489 e. The van der Waals surface area contributed by atoms with Crippen molar-refractivity contribution in [2.24, 2.45) is 0 Å². The van der Waals surface area contributed by atoms with E-state index in [1.807, 2.05) is 6.92 Å². The van der Waals surface area contributed by atoms with Gasteiger partial charge >= 0.3 is 0 Å². The Hall–Kier alpha value is -2.31. The Morgan fingerprint density at radius 1 is 1.37 bits per heavy atom. The van der Waals surface area contributed by atoms with Gasteiger partial charge in [0.15, 0.2) is 5.82 Å². The highest BCUT2D eigenvalue weighted by molar-refractivity contribution is 5.55. The predicted molar refractivity (Wildman–Crippen MR) is 70.8 cm³/mol. The predicted octanol–water partition coefficient (Wildman–Crippen LogP) is 2.13. The molecule has 19 heavy (non-hydrogen) atoms. The first-order valence-electron chi connectivity index (χ1n) is 6.07. The highest BCUT2D eigenvalue weighted by atomic mass is 16.5. The average molecular weight is 263 g/mol. The molecule has 0 aromatic carbocycles. The maximum absolute atomic E-state index is 5.58. The van der Waals surface area contributed by atoms with Crippen LogP contribution < -0.4 is 14.8 Å². The number of nitrogens with one attached hydrogen (secondary N) is 2. The lowest BCUT2D eigenvalue weighted by Crippen LogP contribution is -2.05. The van der Waals surface area contributed by atoms with Crippen molar-refractivity contribution in [1.82, 2.24) is 20.2 Å². The Kier molecular flexibility index (Phi) is 4.17. The van der Waals surface area contributed by atoms with E-state index < -0.39 is 0 Å². The highest BCUT2D eigenvalue weighted by Crippen LogP contribution is 2.33. The standard InChI is InChI=1S/C12H17N5O2/c1-4-5-13-11-10(18-3)12(15-7-14-11)19-9-6-8(2)16-17-9/h6-7H,4-5H2,1-3H3,(H,16,17)(H,13,14,15). The van der Waals surface area contributed by atoms with E-state index in [9.17, 15) is 0 Å². The topological polar surface area (TPSA) is 85.0 Å². The van der Waals surface area contributed by atoms with E-state index in [4.69, 9.17) is 9.47 Å². The van der Waals surface area contributed by atoms with Gasteiger partial charge in [0.05, 0.1) is 7.11 Å². The molecule has 2 aromatic rings. The van der Waals surface area contributed by atoms with Gasteiger partial charge in [-0.05, 0) is 13.3 Å². The molecule has 2 heterocycles. The largest absolute Gasteiger partial charge is 0.489 e. The number of aromatic nitrogens is 4. The van der Waals surface area contributed by atoms with E-state index in [-0.39, 0.29) is 0 Å². The van der Waals surface area contributed by atoms with Gasteiger partial charge in [-0.1, -0.05) is 6.92 Å². The molecule has 0 radical (unpaired) electrons. The highest BCUT2D eigenvalue weighted by Gasteiger charge is 2.14. The second kappa shape index (κ2) is 6.03. The van der Waals surface area contributed by atoms with E-state index in [0.29, 0.717) is 23.3 Å². The van der Waals surface area contributed by atoms with Crippen LogP contribution in [0, 0.1) is 6.92 Å². The molecule has 0 aliphatic rings. The molecule has 0 aliphatic carbocycles. The number of hydrogen-bond donors (Lipinski definition) is 2. The van der Waals surface area contributed by atoms with Crippen LogP contribution in [0.15, 0.2) is 12.4 Å². The zero-order valence-corrected chi connectivity index (χ0v) is 11.2. The van der Waals surface area contributed by atoms with Crippen LogP contribution >= 0.6 is 0 Å². The second-order valence-electron chi connectivity index (χ2n) is 3.98. The van der Waals surface area contributed by atoms with E-state index >= 15 is 0 Å². The molecule has 0 saturated carbocycles. The number of rotatable bonds is 6. The number of anilines is 1. The Morgan fingerprint density at radius 2 is 2.21 bits per heavy atom. The van der Waals surface area contributed by atoms with E-state index in [0.717, 1.165) is 18.7 Å². The van der Waals surface area contributed by atoms with Crippen LogP contribution in [0.3, 0.4) is 0 Å². The number of ether oxygens (including phenoxy) is 2. The van der Waals surface area contributed by atoms with Gasteiger partial charge in [0.2, 0.25) is 11.6 Å². The van der Waals surface area contributed by atoms with Crippen molar-refractivity contribution in [3.05, 3.63) is 18.1 Å². The first kappa shape index (κ1) is 13.1. The Labute approximate surface area is 111 Å². The van der Waals surface area contributed by atoms with Crippen molar-refractivity contribution in [3.8, 4) is 17.5 Å². The molecule has 2 N–H and O–H groups in total. The summed E-state index contributed by atoms with van der Waals surface area (Å²) in [5.74, 6) is 1.86. The summed E-state index contributed by atoms with van der Waals surface area (Å²) in [6.45, 7) is 4.77. The summed E-state index contributed by atoms with van der Waals surface area (Å²) in [5, 5.41) is 9.96. The van der Waals surface area contributed by atoms with Gasteiger partial charge in [0.25, 0.3) is 5.88 Å². The molecule has 0 bridgehead atoms. The molecule has 0 saturated heterocycles. The van der Waals surface area contributed by atoms with Crippen LogP contribution in [0.1, 0.15) is 19.0 Å². The van der Waals surface area contributed by atoms with Crippen LogP contribution in [0.2, 0.25) is 0 Å². The van der Waals surface area contributed by atoms with Crippen LogP contribution in [0.25, 0.3) is 0 Å². The van der Waals surface area contributed by atoms with Gasteiger partial charge in [0, 0.05) is 18.3 Å². The fourth-order valence-corrected chi connectivity index (χ4v) is 1.53. The maximum Gasteiger partial charge on any atom is 0.269 e. The summed E-state index contributed by atoms with van der Waals surface area (Å²) in [7, 11) is 1.55. The first-order valence-corrected chi connectivity index (χ1v) is 6.07. The molecular formula is C12H17N5O2. The summed E-state index contributed by atoms with van der Waals surface area (Å²) < 4.78 is 10.9. The van der Waals surface area contributed by atoms with Gasteiger partial charge in [-0.2, -0.15) is 4.98 Å². The molecule has 2 aromatic heterocycles. The fourth-order valence-electron chi connectivity index (χ4n) is 1.53. The molecule has 0 fully saturated rings. The van der Waals surface area contributed by atoms with E-state index in [2.05, 4.69) is 32.4 Å². The number of methoxy groups -OCH3 is 1. The van der Waals surface area contributed by atoms with Crippen LogP contribution in [0.4, 0.5) is 5.82 Å². The Balaban J connectivity index is 2.24. The number of H-pyrrole nitrogens is 1. The Morgan fingerprint density at radius 3 is 2.84 bits per heavy atom. The van der Waals surface area contributed by atoms with Gasteiger partial charge < -0.3 is 14.8 Å². The molecule has 2 rings (SSSR count). The van der Waals surface area contributed by atoms with E-state index in [1.54, 1.807) is 13.2 Å². The number of aryl methyl sites for hydroxylation is 1. The third-order valence-electron chi connectivity index (χ3n) is 2.40. The average Bonchev–Trinajstić information content (AvgIpc) is 2.82. The molecule has 102 valence electrons. The molecule has 0 aliphatic heterocycles. The number of hydrogen-bond acceptors (Lipinski definition) is 6. The van der Waals surface area contributed by atoms with Crippen molar-refractivity contribution in [2.45, 2.75) is 20.3 Å². The molecule has 0 unspecified atom stereocenters. The third-order valence-corrected chi connectivity index (χ3v) is 2.40. The van der Waals surface area contributed by atoms with Crippen LogP contribution in [-0.4, -0.2) is 33.8 Å². The third kappa shape index (κ3) is 3.12. The smallest absolute Gasteiger partial charge is 0.269 e. The second-order valence-corrected chi connectivity index (χ2v) is 3.98. The van der Waals surface area contributed by atoms with Crippen molar-refractivity contribution >= 4 is 5.82 Å². The molecule has 7 nitrogen and oxygen atoms in total. The minimum atomic E-state index is 0.336. The van der Waals surface area contributed by atoms with Crippen molar-refractivity contribution in [3.63, 3.8) is 0 Å². The van der Waals surface area contributed by atoms with Gasteiger partial charge in [0.1, 0.15) is 6.33 Å². The molecule has 0 spiro atoms. The summed E-state index contributed by atoms with van der Waals surface area (Å²) >= 11 is 0. The summed E-state index contributed by atoms with van der Waals surface area (Å²) in [4.78, 5) is 8.21. The maximum atomic E-state index is 5.58. The minimum absolute atomic E-state index is 0.336. The lowest BCUT2D eigenvalue weighted by Gasteiger charge is -2.11. The van der Waals surface area contributed by atoms with Gasteiger partial charge in [-0.3, -0.25) is 5.10 Å².